The van der Waals surface area contributed by atoms with E-state index >= 15 is 0 Å². The number of rotatable bonds is 1. The molecule has 0 aromatic carbocycles. The molecule has 2 rings (SSSR count). The zero-order valence-corrected chi connectivity index (χ0v) is 7.51. The van der Waals surface area contributed by atoms with E-state index < -0.39 is 0 Å². The first-order chi connectivity index (χ1) is 5.83. The van der Waals surface area contributed by atoms with Crippen LogP contribution in [0.25, 0.3) is 0 Å². The van der Waals surface area contributed by atoms with E-state index in [-0.39, 0.29) is 0 Å². The lowest BCUT2D eigenvalue weighted by atomic mass is 10.3. The number of hydrogen-bond donors (Lipinski definition) is 1. The quantitative estimate of drug-likeness (QED) is 0.403. The van der Waals surface area contributed by atoms with Crippen molar-refractivity contribution in [3.8, 4) is 0 Å². The molecule has 0 saturated heterocycles. The molecule has 0 bridgehead atoms. The average Bonchev–Trinajstić information content (AvgIpc) is 2.56. The second-order valence-corrected chi connectivity index (χ2v) is 3.67. The van der Waals surface area contributed by atoms with Gasteiger partial charge in [0.1, 0.15) is 0 Å². The van der Waals surface area contributed by atoms with Crippen molar-refractivity contribution in [1.82, 2.24) is 9.55 Å². The molecule has 1 aromatic rings. The maximum Gasteiger partial charge on any atom is 0.168 e. The second-order valence-electron chi connectivity index (χ2n) is 2.61. The van der Waals surface area contributed by atoms with Crippen molar-refractivity contribution in [3.05, 3.63) is 11.4 Å². The number of hydrogen-bond acceptors (Lipinski definition) is 4. The van der Waals surface area contributed by atoms with Gasteiger partial charge in [-0.05, 0) is 6.92 Å². The standard InChI is InChI=1S/C7H9N3OS/c1-5-6(4-8-11)10-2-3-12-7(10)9-5/h4,11H,2-3H2,1H3/b8-4+. The normalized spacial score (nSPS) is 15.8. The highest BCUT2D eigenvalue weighted by molar-refractivity contribution is 7.99. The Morgan fingerprint density at radius 3 is 3.33 bits per heavy atom. The molecular weight excluding hydrogens is 174 g/mol. The van der Waals surface area contributed by atoms with Crippen LogP contribution in [0.15, 0.2) is 10.3 Å². The van der Waals surface area contributed by atoms with Gasteiger partial charge in [0.05, 0.1) is 17.6 Å². The Morgan fingerprint density at radius 1 is 1.75 bits per heavy atom. The Morgan fingerprint density at radius 2 is 2.58 bits per heavy atom. The molecule has 2 heterocycles. The monoisotopic (exact) mass is 183 g/mol. The number of nitrogens with zero attached hydrogens (tertiary/aromatic N) is 3. The van der Waals surface area contributed by atoms with Crippen LogP contribution in [0.1, 0.15) is 11.4 Å². The zero-order chi connectivity index (χ0) is 8.55. The van der Waals surface area contributed by atoms with Crippen molar-refractivity contribution in [2.24, 2.45) is 5.16 Å². The van der Waals surface area contributed by atoms with Crippen LogP contribution >= 0.6 is 11.8 Å². The second kappa shape index (κ2) is 2.82. The fraction of sp³-hybridized carbons (Fsp3) is 0.429. The lowest BCUT2D eigenvalue weighted by Gasteiger charge is -1.96. The van der Waals surface area contributed by atoms with E-state index in [2.05, 4.69) is 14.7 Å². The Kier molecular flexibility index (Phi) is 1.80. The topological polar surface area (TPSA) is 50.4 Å². The number of aryl methyl sites for hydroxylation is 1. The molecule has 0 spiro atoms. The van der Waals surface area contributed by atoms with Crippen LogP contribution in [-0.2, 0) is 6.54 Å². The molecule has 1 aromatic heterocycles. The third kappa shape index (κ3) is 1.01. The van der Waals surface area contributed by atoms with Crippen LogP contribution < -0.4 is 0 Å². The number of fused-ring (bicyclic) bond motifs is 1. The summed E-state index contributed by atoms with van der Waals surface area (Å²) in [6.07, 6.45) is 1.44. The van der Waals surface area contributed by atoms with Gasteiger partial charge in [-0.2, -0.15) is 0 Å². The predicted octanol–water partition coefficient (Wildman–Crippen LogP) is 1.11. The van der Waals surface area contributed by atoms with E-state index in [0.717, 1.165) is 28.8 Å². The maximum absolute atomic E-state index is 8.42. The summed E-state index contributed by atoms with van der Waals surface area (Å²) in [7, 11) is 0. The van der Waals surface area contributed by atoms with Crippen LogP contribution in [0.5, 0.6) is 0 Å². The highest BCUT2D eigenvalue weighted by Gasteiger charge is 2.17. The summed E-state index contributed by atoms with van der Waals surface area (Å²) in [4.78, 5) is 4.33. The molecule has 0 fully saturated rings. The highest BCUT2D eigenvalue weighted by Crippen LogP contribution is 2.26. The summed E-state index contributed by atoms with van der Waals surface area (Å²) in [6.45, 7) is 2.88. The van der Waals surface area contributed by atoms with Crippen molar-refractivity contribution in [1.29, 1.82) is 0 Å². The summed E-state index contributed by atoms with van der Waals surface area (Å²) in [6, 6.07) is 0. The van der Waals surface area contributed by atoms with Gasteiger partial charge in [0.25, 0.3) is 0 Å². The van der Waals surface area contributed by atoms with E-state index in [1.807, 2.05) is 6.92 Å². The summed E-state index contributed by atoms with van der Waals surface area (Å²) in [5.41, 5.74) is 1.84. The van der Waals surface area contributed by atoms with Crippen molar-refractivity contribution >= 4 is 18.0 Å². The van der Waals surface area contributed by atoms with Gasteiger partial charge in [-0.3, -0.25) is 0 Å². The maximum atomic E-state index is 8.42. The van der Waals surface area contributed by atoms with Gasteiger partial charge in [-0.15, -0.1) is 0 Å². The molecule has 4 nitrogen and oxygen atoms in total. The van der Waals surface area contributed by atoms with Gasteiger partial charge in [0.2, 0.25) is 0 Å². The molecule has 1 aliphatic heterocycles. The lowest BCUT2D eigenvalue weighted by molar-refractivity contribution is 0.321. The fourth-order valence-corrected chi connectivity index (χ4v) is 2.34. The molecular formula is C7H9N3OS. The Bertz CT molecular complexity index is 332. The largest absolute Gasteiger partial charge is 0.411 e. The molecule has 0 radical (unpaired) electrons. The average molecular weight is 183 g/mol. The summed E-state index contributed by atoms with van der Waals surface area (Å²) in [5, 5.41) is 12.5. The van der Waals surface area contributed by atoms with E-state index in [1.54, 1.807) is 11.8 Å². The van der Waals surface area contributed by atoms with Gasteiger partial charge in [0, 0.05) is 12.3 Å². The molecule has 0 atom stereocenters. The van der Waals surface area contributed by atoms with E-state index in [0.29, 0.717) is 0 Å². The van der Waals surface area contributed by atoms with Crippen LogP contribution in [0.2, 0.25) is 0 Å². The minimum atomic E-state index is 0.914. The summed E-state index contributed by atoms with van der Waals surface area (Å²) < 4.78 is 2.07. The minimum Gasteiger partial charge on any atom is -0.411 e. The van der Waals surface area contributed by atoms with Gasteiger partial charge in [0.15, 0.2) is 5.16 Å². The van der Waals surface area contributed by atoms with Gasteiger partial charge in [-0.1, -0.05) is 16.9 Å². The molecule has 0 unspecified atom stereocenters. The minimum absolute atomic E-state index is 0.914. The highest BCUT2D eigenvalue weighted by atomic mass is 32.2. The fourth-order valence-electron chi connectivity index (χ4n) is 1.33. The third-order valence-corrected chi connectivity index (χ3v) is 2.84. The molecule has 64 valence electrons. The van der Waals surface area contributed by atoms with Crippen molar-refractivity contribution in [3.63, 3.8) is 0 Å². The van der Waals surface area contributed by atoms with E-state index in [1.165, 1.54) is 6.21 Å². The van der Waals surface area contributed by atoms with Crippen LogP contribution in [0, 0.1) is 6.92 Å². The number of imidazole rings is 1. The Labute approximate surface area is 74.3 Å². The third-order valence-electron chi connectivity index (χ3n) is 1.88. The van der Waals surface area contributed by atoms with Crippen LogP contribution in [-0.4, -0.2) is 26.7 Å². The Balaban J connectivity index is 2.51. The van der Waals surface area contributed by atoms with Crippen molar-refractivity contribution in [2.75, 3.05) is 5.75 Å². The molecule has 0 amide bonds. The SMILES string of the molecule is Cc1nc2n(c1/C=N/O)CCS2. The van der Waals surface area contributed by atoms with Crippen LogP contribution in [0.4, 0.5) is 0 Å². The molecule has 5 heteroatoms. The first-order valence-electron chi connectivity index (χ1n) is 3.70. The molecule has 12 heavy (non-hydrogen) atoms. The number of aromatic nitrogens is 2. The first-order valence-corrected chi connectivity index (χ1v) is 4.69. The first kappa shape index (κ1) is 7.67. The lowest BCUT2D eigenvalue weighted by Crippen LogP contribution is -2.00. The zero-order valence-electron chi connectivity index (χ0n) is 6.69. The molecule has 1 N–H and O–H groups in total. The smallest absolute Gasteiger partial charge is 0.168 e. The molecule has 1 aliphatic rings. The van der Waals surface area contributed by atoms with Gasteiger partial charge in [-0.25, -0.2) is 4.98 Å². The summed E-state index contributed by atoms with van der Waals surface area (Å²) in [5.74, 6) is 1.06. The van der Waals surface area contributed by atoms with Crippen molar-refractivity contribution in [2.45, 2.75) is 18.6 Å². The van der Waals surface area contributed by atoms with Gasteiger partial charge < -0.3 is 9.77 Å². The molecule has 0 aliphatic carbocycles. The molecule has 0 saturated carbocycles. The van der Waals surface area contributed by atoms with Gasteiger partial charge >= 0.3 is 0 Å². The van der Waals surface area contributed by atoms with E-state index in [4.69, 9.17) is 5.21 Å². The number of oxime groups is 1. The number of thioether (sulfide) groups is 1. The summed E-state index contributed by atoms with van der Waals surface area (Å²) >= 11 is 1.74. The van der Waals surface area contributed by atoms with E-state index in [9.17, 15) is 0 Å². The predicted molar refractivity (Wildman–Crippen MR) is 47.1 cm³/mol. The Hall–Kier alpha value is -0.970. The van der Waals surface area contributed by atoms with Crippen LogP contribution in [0.3, 0.4) is 0 Å². The van der Waals surface area contributed by atoms with Crippen molar-refractivity contribution < 1.29 is 5.21 Å².